The first-order valence-corrected chi connectivity index (χ1v) is 14.6. The molecule has 39 heavy (non-hydrogen) atoms. The fraction of sp³-hybridized carbons (Fsp3) is 0.467. The standard InChI is InChI=1S/C12H8N2OS.C9H13NO3.C5H11N.2C2H6/c15-12-11(10-6-3-7-16-10)13-8-4-1-2-5-9(8)14-12;1-3-7-5-9(7,10-6-11)8(12)13-4-2;1-5-3-2-4-6-5;2*1-2/h1-7H,(H,14,15);3,6-7H,1,4-5H2,2H3,(H,10,11);5-6H,2-4H2,1H3;2*1-2H3/t;7?,9-;;;/m.1.../s1. The van der Waals surface area contributed by atoms with Crippen molar-refractivity contribution in [2.75, 3.05) is 13.2 Å². The summed E-state index contributed by atoms with van der Waals surface area (Å²) in [6.45, 7) is 17.1. The smallest absolute Gasteiger partial charge is 0.332 e. The number of rotatable bonds is 6. The number of amides is 1. The first kappa shape index (κ1) is 33.7. The average molecular weight is 557 g/mol. The Morgan fingerprint density at radius 3 is 2.44 bits per heavy atom. The van der Waals surface area contributed by atoms with Crippen molar-refractivity contribution in [3.05, 3.63) is 64.8 Å². The Hall–Kier alpha value is -3.30. The van der Waals surface area contributed by atoms with Gasteiger partial charge < -0.3 is 20.4 Å². The molecule has 1 aromatic carbocycles. The molecule has 1 saturated heterocycles. The number of aromatic amines is 1. The zero-order chi connectivity index (χ0) is 29.3. The highest BCUT2D eigenvalue weighted by molar-refractivity contribution is 7.13. The van der Waals surface area contributed by atoms with Crippen LogP contribution in [0.4, 0.5) is 0 Å². The van der Waals surface area contributed by atoms with Gasteiger partial charge in [0.05, 0.1) is 22.5 Å². The number of fused-ring (bicyclic) bond motifs is 1. The van der Waals surface area contributed by atoms with Crippen LogP contribution in [0.5, 0.6) is 0 Å². The number of para-hydroxylation sites is 2. The van der Waals surface area contributed by atoms with Crippen LogP contribution in [0.15, 0.2) is 59.2 Å². The number of nitrogens with one attached hydrogen (secondary N) is 3. The maximum absolute atomic E-state index is 11.8. The first-order chi connectivity index (χ1) is 18.9. The predicted molar refractivity (Wildman–Crippen MR) is 162 cm³/mol. The maximum Gasteiger partial charge on any atom is 0.332 e. The van der Waals surface area contributed by atoms with Gasteiger partial charge in [0.25, 0.3) is 5.56 Å². The van der Waals surface area contributed by atoms with Gasteiger partial charge in [0.2, 0.25) is 6.41 Å². The number of aromatic nitrogens is 2. The zero-order valence-electron chi connectivity index (χ0n) is 24.1. The van der Waals surface area contributed by atoms with E-state index in [0.29, 0.717) is 25.1 Å². The lowest BCUT2D eigenvalue weighted by molar-refractivity contribution is -0.148. The van der Waals surface area contributed by atoms with Crippen LogP contribution >= 0.6 is 11.3 Å². The average Bonchev–Trinajstić information content (AvgIpc) is 3.28. The van der Waals surface area contributed by atoms with Gasteiger partial charge in [-0.25, -0.2) is 9.78 Å². The summed E-state index contributed by atoms with van der Waals surface area (Å²) in [5, 5.41) is 7.75. The lowest BCUT2D eigenvalue weighted by atomic mass is 10.2. The SMILES string of the molecule is C=CC1C[C@]1(NC=O)C(=O)OCC.CC.CC.CC1CCCN1.O=c1[nH]c2ccccc2nc1-c1cccs1. The number of esters is 1. The molecule has 0 radical (unpaired) electrons. The van der Waals surface area contributed by atoms with E-state index in [1.165, 1.54) is 30.7 Å². The van der Waals surface area contributed by atoms with Crippen LogP contribution in [0.1, 0.15) is 60.8 Å². The summed E-state index contributed by atoms with van der Waals surface area (Å²) in [4.78, 5) is 41.6. The second kappa shape index (κ2) is 18.1. The molecule has 3 atom stereocenters. The third kappa shape index (κ3) is 9.75. The van der Waals surface area contributed by atoms with Gasteiger partial charge in [0.1, 0.15) is 11.2 Å². The number of carbonyl (C=O) groups excluding carboxylic acids is 2. The molecule has 9 heteroatoms. The van der Waals surface area contributed by atoms with Crippen LogP contribution in [0, 0.1) is 5.92 Å². The van der Waals surface area contributed by atoms with Crippen LogP contribution < -0.4 is 16.2 Å². The van der Waals surface area contributed by atoms with Gasteiger partial charge in [-0.15, -0.1) is 17.9 Å². The minimum Gasteiger partial charge on any atom is -0.464 e. The van der Waals surface area contributed by atoms with Crippen LogP contribution in [-0.2, 0) is 14.3 Å². The normalized spacial score (nSPS) is 20.2. The number of thiophene rings is 1. The number of ether oxygens (including phenoxy) is 1. The molecule has 214 valence electrons. The zero-order valence-corrected chi connectivity index (χ0v) is 24.9. The van der Waals surface area contributed by atoms with E-state index in [0.717, 1.165) is 22.0 Å². The highest BCUT2D eigenvalue weighted by Crippen LogP contribution is 2.44. The van der Waals surface area contributed by atoms with E-state index in [-0.39, 0.29) is 17.4 Å². The Labute approximate surface area is 236 Å². The van der Waals surface area contributed by atoms with E-state index < -0.39 is 5.54 Å². The third-order valence-electron chi connectivity index (χ3n) is 5.92. The monoisotopic (exact) mass is 556 g/mol. The van der Waals surface area contributed by atoms with Crippen molar-refractivity contribution in [2.45, 2.75) is 72.4 Å². The Balaban J connectivity index is 0.000000296. The van der Waals surface area contributed by atoms with Crippen LogP contribution in [0.3, 0.4) is 0 Å². The van der Waals surface area contributed by atoms with E-state index in [1.807, 2.05) is 69.5 Å². The van der Waals surface area contributed by atoms with Crippen molar-refractivity contribution in [3.63, 3.8) is 0 Å². The van der Waals surface area contributed by atoms with E-state index in [4.69, 9.17) is 4.74 Å². The van der Waals surface area contributed by atoms with Gasteiger partial charge in [-0.1, -0.05) is 52.0 Å². The molecule has 2 fully saturated rings. The third-order valence-corrected chi connectivity index (χ3v) is 6.79. The number of H-pyrrole nitrogens is 1. The lowest BCUT2D eigenvalue weighted by Gasteiger charge is -2.13. The summed E-state index contributed by atoms with van der Waals surface area (Å²) in [5.74, 6) is -0.358. The van der Waals surface area contributed by atoms with Gasteiger partial charge in [-0.05, 0) is 63.2 Å². The van der Waals surface area contributed by atoms with Crippen molar-refractivity contribution in [3.8, 4) is 10.6 Å². The number of hydrogen-bond donors (Lipinski definition) is 3. The Morgan fingerprint density at radius 1 is 1.23 bits per heavy atom. The minimum atomic E-state index is -0.820. The van der Waals surface area contributed by atoms with E-state index in [2.05, 4.69) is 34.1 Å². The molecule has 0 bridgehead atoms. The van der Waals surface area contributed by atoms with Crippen LogP contribution in [-0.4, -0.2) is 47.1 Å². The quantitative estimate of drug-likeness (QED) is 0.204. The van der Waals surface area contributed by atoms with Crippen molar-refractivity contribution >= 4 is 34.7 Å². The van der Waals surface area contributed by atoms with Gasteiger partial charge in [0, 0.05) is 12.0 Å². The molecule has 3 aromatic rings. The first-order valence-electron chi connectivity index (χ1n) is 13.7. The molecule has 2 aromatic heterocycles. The highest BCUT2D eigenvalue weighted by Gasteiger charge is 2.60. The molecular weight excluding hydrogens is 512 g/mol. The maximum atomic E-state index is 11.8. The number of hydrogen-bond acceptors (Lipinski definition) is 7. The second-order valence-corrected chi connectivity index (χ2v) is 9.35. The van der Waals surface area contributed by atoms with E-state index in [9.17, 15) is 14.4 Å². The van der Waals surface area contributed by atoms with Crippen LogP contribution in [0.25, 0.3) is 21.6 Å². The lowest BCUT2D eigenvalue weighted by Crippen LogP contribution is -2.41. The number of nitrogens with zero attached hydrogens (tertiary/aromatic N) is 1. The van der Waals surface area contributed by atoms with Crippen molar-refractivity contribution in [1.82, 2.24) is 20.6 Å². The second-order valence-electron chi connectivity index (χ2n) is 8.41. The molecule has 2 unspecified atom stereocenters. The molecule has 1 aliphatic carbocycles. The molecule has 1 saturated carbocycles. The summed E-state index contributed by atoms with van der Waals surface area (Å²) < 4.78 is 4.85. The van der Waals surface area contributed by atoms with E-state index in [1.54, 1.807) is 13.0 Å². The van der Waals surface area contributed by atoms with Crippen molar-refractivity contribution in [2.24, 2.45) is 5.92 Å². The molecule has 2 aliphatic rings. The van der Waals surface area contributed by atoms with Gasteiger partial charge in [0.15, 0.2) is 0 Å². The van der Waals surface area contributed by atoms with Crippen LogP contribution in [0.2, 0.25) is 0 Å². The van der Waals surface area contributed by atoms with Crippen molar-refractivity contribution < 1.29 is 14.3 Å². The summed E-state index contributed by atoms with van der Waals surface area (Å²) in [5.41, 5.74) is 1.12. The van der Waals surface area contributed by atoms with Gasteiger partial charge in [-0.2, -0.15) is 0 Å². The molecule has 3 N–H and O–H groups in total. The fourth-order valence-electron chi connectivity index (χ4n) is 3.87. The highest BCUT2D eigenvalue weighted by atomic mass is 32.1. The van der Waals surface area contributed by atoms with Gasteiger partial charge >= 0.3 is 5.97 Å². The number of carbonyl (C=O) groups is 2. The molecule has 3 heterocycles. The van der Waals surface area contributed by atoms with Gasteiger partial charge in [-0.3, -0.25) is 9.59 Å². The molecule has 8 nitrogen and oxygen atoms in total. The largest absolute Gasteiger partial charge is 0.464 e. The Kier molecular flexibility index (Phi) is 15.6. The Morgan fingerprint density at radius 2 is 1.95 bits per heavy atom. The summed E-state index contributed by atoms with van der Waals surface area (Å²) in [7, 11) is 0. The molecular formula is C30H44N4O4S. The minimum absolute atomic E-state index is 0.0109. The molecule has 5 rings (SSSR count). The topological polar surface area (TPSA) is 113 Å². The summed E-state index contributed by atoms with van der Waals surface area (Å²) >= 11 is 1.52. The molecule has 1 aliphatic heterocycles. The molecule has 1 amide bonds. The molecule has 0 spiro atoms. The predicted octanol–water partition coefficient (Wildman–Crippen LogP) is 5.70. The summed E-state index contributed by atoms with van der Waals surface area (Å²) in [6.07, 6.45) is 5.53. The number of benzene rings is 1. The Bertz CT molecular complexity index is 1190. The fourth-order valence-corrected chi connectivity index (χ4v) is 4.58. The van der Waals surface area contributed by atoms with E-state index >= 15 is 0 Å². The summed E-state index contributed by atoms with van der Waals surface area (Å²) in [6, 6.07) is 12.1. The van der Waals surface area contributed by atoms with Crippen molar-refractivity contribution in [1.29, 1.82) is 0 Å².